The van der Waals surface area contributed by atoms with Crippen molar-refractivity contribution in [2.45, 2.75) is 453 Å². The molecule has 2 fully saturated rings. The van der Waals surface area contributed by atoms with Gasteiger partial charge in [0.2, 0.25) is 5.91 Å². The summed E-state index contributed by atoms with van der Waals surface area (Å²) in [7, 11) is 0. The van der Waals surface area contributed by atoms with Crippen LogP contribution in [0.1, 0.15) is 380 Å². The van der Waals surface area contributed by atoms with E-state index < -0.39 is 86.8 Å². The molecule has 0 aromatic heterocycles. The number of nitrogens with one attached hydrogen (secondary N) is 1. The second-order valence-electron chi connectivity index (χ2n) is 28.2. The number of carbonyl (C=O) groups is 1. The molecule has 540 valence electrons. The molecule has 2 aliphatic heterocycles. The molecule has 2 rings (SSSR count). The highest BCUT2D eigenvalue weighted by atomic mass is 16.7. The molecule has 2 saturated heterocycles. The number of unbranched alkanes of at least 4 members (excludes halogenated alkanes) is 54. The van der Waals surface area contributed by atoms with Crippen LogP contribution in [-0.2, 0) is 23.7 Å². The van der Waals surface area contributed by atoms with Gasteiger partial charge in [-0.1, -0.05) is 366 Å². The largest absolute Gasteiger partial charge is 0.394 e. The quantitative estimate of drug-likeness (QED) is 0.0204. The first-order valence-corrected chi connectivity index (χ1v) is 39.4. The van der Waals surface area contributed by atoms with E-state index in [4.69, 9.17) is 18.9 Å². The van der Waals surface area contributed by atoms with Crippen LogP contribution in [0.3, 0.4) is 0 Å². The van der Waals surface area contributed by atoms with Gasteiger partial charge in [-0.25, -0.2) is 0 Å². The summed E-state index contributed by atoms with van der Waals surface area (Å²) < 4.78 is 22.9. The summed E-state index contributed by atoms with van der Waals surface area (Å²) in [5.74, 6) is -0.230. The molecule has 0 aromatic rings. The number of rotatable bonds is 67. The zero-order chi connectivity index (χ0) is 65.9. The highest BCUT2D eigenvalue weighted by molar-refractivity contribution is 5.76. The van der Waals surface area contributed by atoms with Crippen molar-refractivity contribution in [2.24, 2.45) is 0 Å². The highest BCUT2D eigenvalue weighted by Crippen LogP contribution is 2.30. The second-order valence-corrected chi connectivity index (χ2v) is 28.2. The number of aliphatic hydroxyl groups excluding tert-OH is 8. The standard InChI is InChI=1S/C77H149NO13/c1-3-5-7-9-11-13-15-17-19-21-22-23-24-25-26-27-28-29-30-31-32-33-34-35-36-37-38-39-40-41-42-43-44-45-47-49-51-53-55-57-59-61-69(82)78-65(66(81)60-58-56-54-52-50-48-46-20-18-16-14-12-10-8-6-4-2)64-88-76-74(87)72(85)75(68(63-80)90-76)91-77-73(86)71(84)70(83)67(62-79)89-77/h58,60,65-68,70-77,79-81,83-87H,3-57,59,61-64H2,1-2H3,(H,78,82)/b60-58+. The lowest BCUT2D eigenvalue weighted by Gasteiger charge is -2.46. The molecule has 14 heteroatoms. The summed E-state index contributed by atoms with van der Waals surface area (Å²) in [4.78, 5) is 13.3. The van der Waals surface area contributed by atoms with Crippen LogP contribution in [-0.4, -0.2) is 140 Å². The van der Waals surface area contributed by atoms with Crippen LogP contribution in [0.4, 0.5) is 0 Å². The van der Waals surface area contributed by atoms with Crippen molar-refractivity contribution in [1.82, 2.24) is 5.32 Å². The summed E-state index contributed by atoms with van der Waals surface area (Å²) in [5, 5.41) is 87.4. The highest BCUT2D eigenvalue weighted by Gasteiger charge is 2.51. The van der Waals surface area contributed by atoms with Gasteiger partial charge >= 0.3 is 0 Å². The molecule has 0 saturated carbocycles. The van der Waals surface area contributed by atoms with Crippen molar-refractivity contribution in [3.8, 4) is 0 Å². The first kappa shape index (κ1) is 85.8. The van der Waals surface area contributed by atoms with E-state index >= 15 is 0 Å². The minimum atomic E-state index is -1.79. The molecule has 0 spiro atoms. The lowest BCUT2D eigenvalue weighted by Crippen LogP contribution is -2.65. The predicted molar refractivity (Wildman–Crippen MR) is 374 cm³/mol. The Morgan fingerprint density at radius 3 is 1.01 bits per heavy atom. The fourth-order valence-electron chi connectivity index (χ4n) is 13.5. The van der Waals surface area contributed by atoms with Gasteiger partial charge < -0.3 is 65.1 Å². The minimum absolute atomic E-state index is 0.230. The third-order valence-electron chi connectivity index (χ3n) is 19.7. The first-order chi connectivity index (χ1) is 44.6. The normalized spacial score (nSPS) is 22.7. The van der Waals surface area contributed by atoms with Crippen molar-refractivity contribution in [3.63, 3.8) is 0 Å². The average Bonchev–Trinajstić information content (AvgIpc) is 1.15. The smallest absolute Gasteiger partial charge is 0.220 e. The third-order valence-corrected chi connectivity index (χ3v) is 19.7. The minimum Gasteiger partial charge on any atom is -0.394 e. The molecule has 14 nitrogen and oxygen atoms in total. The molecular formula is C77H149NO13. The molecule has 2 heterocycles. The Balaban J connectivity index is 1.52. The molecule has 0 bridgehead atoms. The lowest BCUT2D eigenvalue weighted by molar-refractivity contribution is -0.359. The monoisotopic (exact) mass is 1300 g/mol. The zero-order valence-electron chi connectivity index (χ0n) is 59.1. The van der Waals surface area contributed by atoms with E-state index in [0.717, 1.165) is 44.9 Å². The van der Waals surface area contributed by atoms with Gasteiger partial charge in [-0.15, -0.1) is 0 Å². The average molecular weight is 1300 g/mol. The van der Waals surface area contributed by atoms with Gasteiger partial charge in [-0.05, 0) is 19.3 Å². The van der Waals surface area contributed by atoms with Gasteiger partial charge in [-0.3, -0.25) is 4.79 Å². The van der Waals surface area contributed by atoms with Crippen molar-refractivity contribution in [3.05, 3.63) is 12.2 Å². The van der Waals surface area contributed by atoms with E-state index in [-0.39, 0.29) is 18.9 Å². The topological polar surface area (TPSA) is 228 Å². The van der Waals surface area contributed by atoms with Crippen LogP contribution in [0, 0.1) is 0 Å². The van der Waals surface area contributed by atoms with Crippen LogP contribution in [0.25, 0.3) is 0 Å². The summed E-state index contributed by atoms with van der Waals surface area (Å²) in [5.41, 5.74) is 0. The molecule has 12 unspecified atom stereocenters. The summed E-state index contributed by atoms with van der Waals surface area (Å²) in [6.07, 6.45) is 61.8. The number of hydrogen-bond acceptors (Lipinski definition) is 13. The number of carbonyl (C=O) groups excluding carboxylic acids is 1. The lowest BCUT2D eigenvalue weighted by atomic mass is 9.97. The Kier molecular flexibility index (Phi) is 58.7. The summed E-state index contributed by atoms with van der Waals surface area (Å²) in [6, 6.07) is -0.911. The number of aliphatic hydroxyl groups is 8. The van der Waals surface area contributed by atoms with Crippen LogP contribution in [0.5, 0.6) is 0 Å². The van der Waals surface area contributed by atoms with Gasteiger partial charge in [0.15, 0.2) is 12.6 Å². The number of allylic oxidation sites excluding steroid dienone is 1. The van der Waals surface area contributed by atoms with Gasteiger partial charge in [-0.2, -0.15) is 0 Å². The third kappa shape index (κ3) is 45.8. The van der Waals surface area contributed by atoms with Crippen molar-refractivity contribution in [2.75, 3.05) is 19.8 Å². The van der Waals surface area contributed by atoms with E-state index in [1.165, 1.54) is 315 Å². The molecule has 0 aliphatic carbocycles. The molecular weight excluding hydrogens is 1150 g/mol. The van der Waals surface area contributed by atoms with E-state index in [1.807, 2.05) is 6.08 Å². The molecule has 1 amide bonds. The van der Waals surface area contributed by atoms with E-state index in [1.54, 1.807) is 6.08 Å². The summed E-state index contributed by atoms with van der Waals surface area (Å²) >= 11 is 0. The fraction of sp³-hybridized carbons (Fsp3) is 0.961. The Labute approximate surface area is 558 Å². The number of ether oxygens (including phenoxy) is 4. The Morgan fingerprint density at radius 2 is 0.681 bits per heavy atom. The molecule has 0 aromatic carbocycles. The van der Waals surface area contributed by atoms with E-state index in [2.05, 4.69) is 19.2 Å². The van der Waals surface area contributed by atoms with Crippen molar-refractivity contribution in [1.29, 1.82) is 0 Å². The van der Waals surface area contributed by atoms with Crippen molar-refractivity contribution < 1.29 is 64.6 Å². The van der Waals surface area contributed by atoms with Crippen LogP contribution in [0.2, 0.25) is 0 Å². The van der Waals surface area contributed by atoms with E-state index in [9.17, 15) is 45.6 Å². The van der Waals surface area contributed by atoms with Gasteiger partial charge in [0, 0.05) is 6.42 Å². The number of amides is 1. The number of hydrogen-bond donors (Lipinski definition) is 9. The molecule has 91 heavy (non-hydrogen) atoms. The van der Waals surface area contributed by atoms with Crippen LogP contribution in [0.15, 0.2) is 12.2 Å². The zero-order valence-corrected chi connectivity index (χ0v) is 59.1. The van der Waals surface area contributed by atoms with Crippen molar-refractivity contribution >= 4 is 5.91 Å². The molecule has 0 radical (unpaired) electrons. The maximum absolute atomic E-state index is 13.3. The molecule has 2 aliphatic rings. The Bertz CT molecular complexity index is 1570. The summed E-state index contributed by atoms with van der Waals surface area (Å²) in [6.45, 7) is 2.86. The first-order valence-electron chi connectivity index (χ1n) is 39.4. The van der Waals surface area contributed by atoms with Gasteiger partial charge in [0.25, 0.3) is 0 Å². The maximum Gasteiger partial charge on any atom is 0.220 e. The van der Waals surface area contributed by atoms with Gasteiger partial charge in [0.1, 0.15) is 48.8 Å². The van der Waals surface area contributed by atoms with Gasteiger partial charge in [0.05, 0.1) is 32.0 Å². The molecule has 12 atom stereocenters. The van der Waals surface area contributed by atoms with Crippen LogP contribution < -0.4 is 5.32 Å². The van der Waals surface area contributed by atoms with Crippen LogP contribution >= 0.6 is 0 Å². The van der Waals surface area contributed by atoms with E-state index in [0.29, 0.717) is 0 Å². The second kappa shape index (κ2) is 62.3. The Hall–Kier alpha value is -1.27. The predicted octanol–water partition coefficient (Wildman–Crippen LogP) is 17.3. The molecule has 9 N–H and O–H groups in total. The Morgan fingerprint density at radius 1 is 0.385 bits per heavy atom. The fourth-order valence-corrected chi connectivity index (χ4v) is 13.5. The SMILES string of the molecule is CCCCCCCCCCCCCCCC/C=C/C(O)C(COC1OC(CO)C(OC2OC(CO)C(O)C(O)C2O)C(O)C1O)NC(=O)CCCCCCCCCCCCCCCCCCCCCCCCCCCCCCCCCCCCCCCCCCC. The maximum atomic E-state index is 13.3.